The third kappa shape index (κ3) is 2.69. The number of aliphatic hydroxyl groups excluding tert-OH is 1. The summed E-state index contributed by atoms with van der Waals surface area (Å²) < 4.78 is 9.15. The Bertz CT molecular complexity index is 182. The van der Waals surface area contributed by atoms with Gasteiger partial charge in [-0.05, 0) is 6.92 Å². The van der Waals surface area contributed by atoms with E-state index in [0.717, 1.165) is 0 Å². The zero-order valence-electron chi connectivity index (χ0n) is 7.38. The Morgan fingerprint density at radius 3 is 2.25 bits per heavy atom. The third-order valence-electron chi connectivity index (χ3n) is 1.12. The van der Waals surface area contributed by atoms with Crippen molar-refractivity contribution in [1.82, 2.24) is 5.32 Å². The molecule has 0 saturated carbocycles. The number of rotatable bonds is 4. The Kier molecular flexibility index (Phi) is 4.67. The Labute approximate surface area is 71.0 Å². The average Bonchev–Trinajstić information content (AvgIpc) is 2.07. The second-order valence-corrected chi connectivity index (χ2v) is 1.90. The lowest BCUT2D eigenvalue weighted by molar-refractivity contribution is -0.120. The average molecular weight is 175 g/mol. The lowest BCUT2D eigenvalue weighted by Gasteiger charge is -2.06. The van der Waals surface area contributed by atoms with E-state index >= 15 is 0 Å². The lowest BCUT2D eigenvalue weighted by Crippen LogP contribution is -2.25. The first-order chi connectivity index (χ1) is 5.67. The van der Waals surface area contributed by atoms with Crippen LogP contribution in [0.15, 0.2) is 11.7 Å². The maximum atomic E-state index is 10.9. The number of methoxy groups -OCH3 is 2. The molecule has 5 nitrogen and oxygen atoms in total. The number of aliphatic hydroxyl groups is 1. The predicted octanol–water partition coefficient (Wildman–Crippen LogP) is 0.142. The Hall–Kier alpha value is -1.39. The van der Waals surface area contributed by atoms with Gasteiger partial charge in [-0.2, -0.15) is 0 Å². The molecule has 5 heteroatoms. The molecule has 0 heterocycles. The smallest absolute Gasteiger partial charge is 0.328 e. The zero-order chi connectivity index (χ0) is 9.56. The van der Waals surface area contributed by atoms with Gasteiger partial charge in [0.2, 0.25) is 0 Å². The molecule has 2 N–H and O–H groups in total. The van der Waals surface area contributed by atoms with Gasteiger partial charge in [-0.1, -0.05) is 0 Å². The summed E-state index contributed by atoms with van der Waals surface area (Å²) in [4.78, 5) is 10.9. The van der Waals surface area contributed by atoms with E-state index in [0.29, 0.717) is 6.54 Å². The number of hydrogen-bond acceptors (Lipinski definition) is 4. The molecular formula is C7H13NO4. The molecule has 0 aliphatic rings. The predicted molar refractivity (Wildman–Crippen MR) is 42.4 cm³/mol. The largest absolute Gasteiger partial charge is 0.498 e. The molecule has 1 amide bonds. The first-order valence-corrected chi connectivity index (χ1v) is 3.46. The SMILES string of the molecule is CCNC(=O)C(O)=C(OC)OC. The van der Waals surface area contributed by atoms with Crippen molar-refractivity contribution >= 4 is 5.91 Å². The minimum atomic E-state index is -0.615. The van der Waals surface area contributed by atoms with Gasteiger partial charge in [-0.25, -0.2) is 0 Å². The van der Waals surface area contributed by atoms with E-state index in [1.54, 1.807) is 6.92 Å². The van der Waals surface area contributed by atoms with Crippen LogP contribution in [0.4, 0.5) is 0 Å². The fourth-order valence-electron chi connectivity index (χ4n) is 0.614. The van der Waals surface area contributed by atoms with Gasteiger partial charge in [0, 0.05) is 6.54 Å². The van der Waals surface area contributed by atoms with Crippen LogP contribution in [-0.2, 0) is 14.3 Å². The maximum absolute atomic E-state index is 10.9. The van der Waals surface area contributed by atoms with Crippen molar-refractivity contribution < 1.29 is 19.4 Å². The molecular weight excluding hydrogens is 162 g/mol. The van der Waals surface area contributed by atoms with E-state index in [1.807, 2.05) is 0 Å². The molecule has 70 valence electrons. The van der Waals surface area contributed by atoms with Crippen LogP contribution in [0, 0.1) is 0 Å². The second kappa shape index (κ2) is 5.29. The van der Waals surface area contributed by atoms with Crippen LogP contribution in [0.25, 0.3) is 0 Å². The van der Waals surface area contributed by atoms with Crippen molar-refractivity contribution in [3.8, 4) is 0 Å². The van der Waals surface area contributed by atoms with E-state index in [1.165, 1.54) is 14.2 Å². The van der Waals surface area contributed by atoms with Crippen LogP contribution in [0.1, 0.15) is 6.92 Å². The molecule has 0 aromatic heterocycles. The highest BCUT2D eigenvalue weighted by Gasteiger charge is 2.14. The van der Waals surface area contributed by atoms with Crippen LogP contribution >= 0.6 is 0 Å². The molecule has 0 aromatic carbocycles. The van der Waals surface area contributed by atoms with Gasteiger partial charge in [0.05, 0.1) is 14.2 Å². The molecule has 0 aliphatic carbocycles. The van der Waals surface area contributed by atoms with Crippen LogP contribution in [-0.4, -0.2) is 31.8 Å². The molecule has 0 unspecified atom stereocenters. The topological polar surface area (TPSA) is 67.8 Å². The Balaban J connectivity index is 4.39. The van der Waals surface area contributed by atoms with Crippen LogP contribution in [0.5, 0.6) is 0 Å². The van der Waals surface area contributed by atoms with E-state index in [4.69, 9.17) is 5.11 Å². The van der Waals surface area contributed by atoms with Crippen molar-refractivity contribution in [1.29, 1.82) is 0 Å². The van der Waals surface area contributed by atoms with Crippen LogP contribution in [0.3, 0.4) is 0 Å². The molecule has 0 atom stereocenters. The third-order valence-corrected chi connectivity index (χ3v) is 1.12. The van der Waals surface area contributed by atoms with Crippen molar-refractivity contribution in [3.05, 3.63) is 11.7 Å². The van der Waals surface area contributed by atoms with Gasteiger partial charge in [0.25, 0.3) is 11.7 Å². The van der Waals surface area contributed by atoms with Crippen LogP contribution in [0.2, 0.25) is 0 Å². The number of amides is 1. The summed E-state index contributed by atoms with van der Waals surface area (Å²) in [5, 5.41) is 11.5. The molecule has 0 aromatic rings. The number of nitrogens with one attached hydrogen (secondary N) is 1. The van der Waals surface area contributed by atoms with Gasteiger partial charge < -0.3 is 19.9 Å². The van der Waals surface area contributed by atoms with E-state index < -0.39 is 11.7 Å². The fraction of sp³-hybridized carbons (Fsp3) is 0.571. The zero-order valence-corrected chi connectivity index (χ0v) is 7.38. The van der Waals surface area contributed by atoms with Gasteiger partial charge >= 0.3 is 5.95 Å². The van der Waals surface area contributed by atoms with Crippen LogP contribution < -0.4 is 5.32 Å². The first-order valence-electron chi connectivity index (χ1n) is 3.46. The molecule has 0 radical (unpaired) electrons. The van der Waals surface area contributed by atoms with E-state index in [2.05, 4.69) is 14.8 Å². The summed E-state index contributed by atoms with van der Waals surface area (Å²) in [7, 11) is 2.60. The van der Waals surface area contributed by atoms with Gasteiger partial charge in [0.1, 0.15) is 0 Å². The molecule has 0 saturated heterocycles. The molecule has 0 spiro atoms. The summed E-state index contributed by atoms with van der Waals surface area (Å²) in [6.45, 7) is 2.17. The summed E-state index contributed by atoms with van der Waals surface area (Å²) in [5.74, 6) is -1.36. The van der Waals surface area contributed by atoms with Crippen molar-refractivity contribution in [2.24, 2.45) is 0 Å². The summed E-state index contributed by atoms with van der Waals surface area (Å²) in [5.41, 5.74) is 0. The monoisotopic (exact) mass is 175 g/mol. The van der Waals surface area contributed by atoms with Gasteiger partial charge in [-0.15, -0.1) is 0 Å². The van der Waals surface area contributed by atoms with E-state index in [-0.39, 0.29) is 5.95 Å². The number of ether oxygens (including phenoxy) is 2. The fourth-order valence-corrected chi connectivity index (χ4v) is 0.614. The number of likely N-dealkylation sites (N-methyl/N-ethyl adjacent to an activating group) is 1. The highest BCUT2D eigenvalue weighted by Crippen LogP contribution is 2.02. The molecule has 0 bridgehead atoms. The highest BCUT2D eigenvalue weighted by atomic mass is 16.7. The minimum Gasteiger partial charge on any atom is -0.498 e. The second-order valence-electron chi connectivity index (χ2n) is 1.90. The summed E-state index contributed by atoms with van der Waals surface area (Å²) in [6.07, 6.45) is 0. The van der Waals surface area contributed by atoms with Gasteiger partial charge in [0.15, 0.2) is 0 Å². The van der Waals surface area contributed by atoms with Gasteiger partial charge in [-0.3, -0.25) is 4.79 Å². The Morgan fingerprint density at radius 2 is 1.92 bits per heavy atom. The quantitative estimate of drug-likeness (QED) is 0.471. The Morgan fingerprint density at radius 1 is 1.42 bits per heavy atom. The van der Waals surface area contributed by atoms with Crippen molar-refractivity contribution in [2.75, 3.05) is 20.8 Å². The number of carbonyl (C=O) groups is 1. The van der Waals surface area contributed by atoms with Crippen molar-refractivity contribution in [3.63, 3.8) is 0 Å². The van der Waals surface area contributed by atoms with E-state index in [9.17, 15) is 4.79 Å². The highest BCUT2D eigenvalue weighted by molar-refractivity contribution is 5.91. The standard InChI is InChI=1S/C7H13NO4/c1-4-8-6(10)5(9)7(11-2)12-3/h9H,4H2,1-3H3,(H,8,10). The minimum absolute atomic E-state index is 0.194. The normalized spacial score (nSPS) is 8.58. The maximum Gasteiger partial charge on any atom is 0.328 e. The number of hydrogen-bond donors (Lipinski definition) is 2. The lowest BCUT2D eigenvalue weighted by atomic mass is 10.5. The molecule has 0 aliphatic heterocycles. The molecule has 12 heavy (non-hydrogen) atoms. The molecule has 0 fully saturated rings. The van der Waals surface area contributed by atoms with Crippen molar-refractivity contribution in [2.45, 2.75) is 6.92 Å². The summed E-state index contributed by atoms with van der Waals surface area (Å²) >= 11 is 0. The molecule has 0 rings (SSSR count). The number of carbonyl (C=O) groups excluding carboxylic acids is 1. The summed E-state index contributed by atoms with van der Waals surface area (Å²) in [6, 6.07) is 0. The first kappa shape index (κ1) is 10.6.